The van der Waals surface area contributed by atoms with Gasteiger partial charge in [-0.2, -0.15) is 0 Å². The molecule has 0 bridgehead atoms. The summed E-state index contributed by atoms with van der Waals surface area (Å²) >= 11 is 0. The van der Waals surface area contributed by atoms with Crippen LogP contribution in [0.2, 0.25) is 0 Å². The number of rotatable bonds is 7. The number of piperazine rings is 1. The van der Waals surface area contributed by atoms with Gasteiger partial charge in [0.05, 0.1) is 11.3 Å². The summed E-state index contributed by atoms with van der Waals surface area (Å²) in [5.74, 6) is 1.50. The fraction of sp³-hybridized carbons (Fsp3) is 0.593. The summed E-state index contributed by atoms with van der Waals surface area (Å²) in [6.07, 6.45) is 11.6. The van der Waals surface area contributed by atoms with Crippen LogP contribution in [0.4, 0.5) is 5.95 Å². The molecule has 0 atom stereocenters. The van der Waals surface area contributed by atoms with E-state index in [2.05, 4.69) is 51.4 Å². The molecule has 5 rings (SSSR count). The van der Waals surface area contributed by atoms with E-state index >= 15 is 0 Å². The third-order valence-electron chi connectivity index (χ3n) is 7.90. The quantitative estimate of drug-likeness (QED) is 0.695. The molecule has 0 unspecified atom stereocenters. The number of benzene rings is 1. The van der Waals surface area contributed by atoms with Crippen molar-refractivity contribution in [3.8, 4) is 0 Å². The van der Waals surface area contributed by atoms with Crippen molar-refractivity contribution in [1.82, 2.24) is 20.2 Å². The Morgan fingerprint density at radius 2 is 1.79 bits per heavy atom. The molecule has 176 valence electrons. The van der Waals surface area contributed by atoms with Crippen LogP contribution in [0.15, 0.2) is 36.5 Å². The van der Waals surface area contributed by atoms with E-state index in [1.807, 2.05) is 6.07 Å². The average Bonchev–Trinajstić information content (AvgIpc) is 3.67. The molecule has 0 radical (unpaired) electrons. The molecule has 33 heavy (non-hydrogen) atoms. The fourth-order valence-electron chi connectivity index (χ4n) is 5.57. The summed E-state index contributed by atoms with van der Waals surface area (Å²) in [4.78, 5) is 27.7. The lowest BCUT2D eigenvalue weighted by molar-refractivity contribution is 0.0948. The number of nitrogens with zero attached hydrogens (tertiary/aromatic N) is 4. The van der Waals surface area contributed by atoms with Gasteiger partial charge in [-0.3, -0.25) is 4.79 Å². The summed E-state index contributed by atoms with van der Waals surface area (Å²) in [5, 5.41) is 3.20. The minimum absolute atomic E-state index is 0.0204. The van der Waals surface area contributed by atoms with Crippen molar-refractivity contribution in [2.24, 2.45) is 5.92 Å². The van der Waals surface area contributed by atoms with Crippen LogP contribution in [-0.2, 0) is 5.41 Å². The van der Waals surface area contributed by atoms with Gasteiger partial charge in [0.1, 0.15) is 0 Å². The molecule has 1 aromatic carbocycles. The van der Waals surface area contributed by atoms with Crippen LogP contribution in [0.1, 0.15) is 73.0 Å². The maximum atomic E-state index is 13.3. The highest BCUT2D eigenvalue weighted by Gasteiger charge is 2.49. The minimum Gasteiger partial charge on any atom is -0.352 e. The van der Waals surface area contributed by atoms with E-state index in [1.54, 1.807) is 6.20 Å². The zero-order chi connectivity index (χ0) is 22.7. The summed E-state index contributed by atoms with van der Waals surface area (Å²) in [6.45, 7) is 4.59. The molecule has 3 fully saturated rings. The molecule has 2 aromatic rings. The lowest BCUT2D eigenvalue weighted by Gasteiger charge is -2.33. The van der Waals surface area contributed by atoms with E-state index in [0.717, 1.165) is 69.5 Å². The Morgan fingerprint density at radius 3 is 2.48 bits per heavy atom. The molecule has 1 N–H and O–H groups in total. The first-order valence-electron chi connectivity index (χ1n) is 12.8. The molecule has 1 amide bonds. The minimum atomic E-state index is -0.165. The zero-order valence-electron chi connectivity index (χ0n) is 19.9. The standard InChI is InChI=1S/C27H37N5O/c1-31-16-18-32(19-17-31)26-29-20-23(25(33)28-15-12-21-8-4-2-5-9-21)24(30-26)27(13-14-27)22-10-6-3-7-11-22/h3,6-7,10-11,20-21H,2,4-5,8-9,12-19H2,1H3,(H,28,33). The van der Waals surface area contributed by atoms with Gasteiger partial charge in [0.2, 0.25) is 5.95 Å². The number of amides is 1. The van der Waals surface area contributed by atoms with Gasteiger partial charge in [0, 0.05) is 44.3 Å². The zero-order valence-corrected chi connectivity index (χ0v) is 19.9. The Balaban J connectivity index is 1.39. The SMILES string of the molecule is CN1CCN(c2ncc(C(=O)NCCC3CCCCC3)c(C3(c4ccccc4)CC3)n2)CC1. The molecule has 2 aliphatic carbocycles. The molecule has 1 aromatic heterocycles. The molecule has 6 heteroatoms. The highest BCUT2D eigenvalue weighted by Crippen LogP contribution is 2.53. The first kappa shape index (κ1) is 22.3. The van der Waals surface area contributed by atoms with Crippen molar-refractivity contribution < 1.29 is 4.79 Å². The fourth-order valence-corrected chi connectivity index (χ4v) is 5.57. The number of hydrogen-bond donors (Lipinski definition) is 1. The maximum absolute atomic E-state index is 13.3. The van der Waals surface area contributed by atoms with Gasteiger partial charge in [-0.15, -0.1) is 0 Å². The van der Waals surface area contributed by atoms with E-state index in [9.17, 15) is 4.79 Å². The lowest BCUT2D eigenvalue weighted by Crippen LogP contribution is -2.45. The highest BCUT2D eigenvalue weighted by molar-refractivity contribution is 5.95. The Morgan fingerprint density at radius 1 is 1.06 bits per heavy atom. The molecule has 1 saturated heterocycles. The van der Waals surface area contributed by atoms with Crippen molar-refractivity contribution >= 4 is 11.9 Å². The van der Waals surface area contributed by atoms with Crippen molar-refractivity contribution in [1.29, 1.82) is 0 Å². The number of nitrogens with one attached hydrogen (secondary N) is 1. The molecule has 6 nitrogen and oxygen atoms in total. The van der Waals surface area contributed by atoms with E-state index in [0.29, 0.717) is 5.56 Å². The van der Waals surface area contributed by atoms with Crippen molar-refractivity contribution in [3.63, 3.8) is 0 Å². The number of aromatic nitrogens is 2. The Bertz CT molecular complexity index is 944. The first-order chi connectivity index (χ1) is 16.2. The number of anilines is 1. The summed E-state index contributed by atoms with van der Waals surface area (Å²) in [5.41, 5.74) is 2.65. The third-order valence-corrected chi connectivity index (χ3v) is 7.90. The van der Waals surface area contributed by atoms with Gasteiger partial charge < -0.3 is 15.1 Å². The molecule has 2 heterocycles. The largest absolute Gasteiger partial charge is 0.352 e. The average molecular weight is 448 g/mol. The van der Waals surface area contributed by atoms with E-state index in [1.165, 1.54) is 37.7 Å². The number of likely N-dealkylation sites (N-methyl/N-ethyl adjacent to an activating group) is 1. The second-order valence-corrected chi connectivity index (χ2v) is 10.2. The molecule has 1 aliphatic heterocycles. The summed E-state index contributed by atoms with van der Waals surface area (Å²) in [6, 6.07) is 10.6. The Hall–Kier alpha value is -2.47. The van der Waals surface area contributed by atoms with Crippen LogP contribution in [0.3, 0.4) is 0 Å². The van der Waals surface area contributed by atoms with E-state index in [4.69, 9.17) is 4.98 Å². The second kappa shape index (κ2) is 9.80. The predicted octanol–water partition coefficient (Wildman–Crippen LogP) is 4.01. The number of hydrogen-bond acceptors (Lipinski definition) is 5. The molecular weight excluding hydrogens is 410 g/mol. The van der Waals surface area contributed by atoms with Crippen LogP contribution >= 0.6 is 0 Å². The Labute approximate surface area is 197 Å². The summed E-state index contributed by atoms with van der Waals surface area (Å²) < 4.78 is 0. The van der Waals surface area contributed by atoms with Crippen molar-refractivity contribution in [3.05, 3.63) is 53.3 Å². The third kappa shape index (κ3) is 4.91. The highest BCUT2D eigenvalue weighted by atomic mass is 16.1. The van der Waals surface area contributed by atoms with Gasteiger partial charge in [0.25, 0.3) is 5.91 Å². The number of carbonyl (C=O) groups excluding carboxylic acids is 1. The maximum Gasteiger partial charge on any atom is 0.254 e. The Kier molecular flexibility index (Phi) is 6.63. The molecule has 0 spiro atoms. The first-order valence-corrected chi connectivity index (χ1v) is 12.8. The number of carbonyl (C=O) groups is 1. The van der Waals surface area contributed by atoms with Crippen LogP contribution in [0, 0.1) is 5.92 Å². The smallest absolute Gasteiger partial charge is 0.254 e. The van der Waals surface area contributed by atoms with Crippen LogP contribution < -0.4 is 10.2 Å². The van der Waals surface area contributed by atoms with E-state index < -0.39 is 0 Å². The predicted molar refractivity (Wildman–Crippen MR) is 132 cm³/mol. The van der Waals surface area contributed by atoms with E-state index in [-0.39, 0.29) is 11.3 Å². The molecule has 2 saturated carbocycles. The topological polar surface area (TPSA) is 61.4 Å². The molecular formula is C27H37N5O. The lowest BCUT2D eigenvalue weighted by atomic mass is 9.87. The van der Waals surface area contributed by atoms with Gasteiger partial charge in [-0.05, 0) is 37.8 Å². The van der Waals surface area contributed by atoms with Crippen LogP contribution in [-0.4, -0.2) is 60.5 Å². The summed E-state index contributed by atoms with van der Waals surface area (Å²) in [7, 11) is 2.15. The van der Waals surface area contributed by atoms with Gasteiger partial charge >= 0.3 is 0 Å². The van der Waals surface area contributed by atoms with Crippen molar-refractivity contribution in [2.75, 3.05) is 44.7 Å². The normalized spacial score (nSPS) is 21.1. The molecule has 3 aliphatic rings. The van der Waals surface area contributed by atoms with Gasteiger partial charge in [-0.25, -0.2) is 9.97 Å². The van der Waals surface area contributed by atoms with Gasteiger partial charge in [0.15, 0.2) is 0 Å². The van der Waals surface area contributed by atoms with Crippen LogP contribution in [0.5, 0.6) is 0 Å². The van der Waals surface area contributed by atoms with Crippen LogP contribution in [0.25, 0.3) is 0 Å². The monoisotopic (exact) mass is 447 g/mol. The van der Waals surface area contributed by atoms with Gasteiger partial charge in [-0.1, -0.05) is 62.4 Å². The second-order valence-electron chi connectivity index (χ2n) is 10.2. The van der Waals surface area contributed by atoms with Crippen molar-refractivity contribution in [2.45, 2.75) is 56.8 Å².